The Kier molecular flexibility index (Phi) is 4.27. The Morgan fingerprint density at radius 1 is 1.10 bits per heavy atom. The molecule has 1 aliphatic carbocycles. The molecule has 0 saturated heterocycles. The fourth-order valence-electron chi connectivity index (χ4n) is 3.18. The van der Waals surface area contributed by atoms with Gasteiger partial charge in [0.15, 0.2) is 0 Å². The maximum atomic E-state index is 13.7. The van der Waals surface area contributed by atoms with Crippen molar-refractivity contribution in [1.29, 1.82) is 0 Å². The maximum Gasteiger partial charge on any atom is 0.142 e. The predicted octanol–water partition coefficient (Wildman–Crippen LogP) is 4.67. The molecule has 1 nitrogen and oxygen atoms in total. The minimum absolute atomic E-state index is 0.0829. The van der Waals surface area contributed by atoms with Crippen LogP contribution in [0.2, 0.25) is 5.02 Å². The fraction of sp³-hybridized carbons (Fsp3) is 0.333. The summed E-state index contributed by atoms with van der Waals surface area (Å²) in [5.41, 5.74) is 4.80. The molecule has 1 aliphatic rings. The van der Waals surface area contributed by atoms with Crippen LogP contribution in [-0.4, -0.2) is 7.05 Å². The van der Waals surface area contributed by atoms with Gasteiger partial charge in [0, 0.05) is 0 Å². The number of nitrogens with one attached hydrogen (secondary N) is 1. The Morgan fingerprint density at radius 2 is 1.86 bits per heavy atom. The third-order valence-corrected chi connectivity index (χ3v) is 4.69. The van der Waals surface area contributed by atoms with Crippen LogP contribution in [0.3, 0.4) is 0 Å². The van der Waals surface area contributed by atoms with Crippen molar-refractivity contribution in [3.8, 4) is 0 Å². The monoisotopic (exact) mass is 303 g/mol. The zero-order chi connectivity index (χ0) is 14.8. The lowest BCUT2D eigenvalue weighted by molar-refractivity contribution is 0.616. The van der Waals surface area contributed by atoms with E-state index in [1.165, 1.54) is 36.5 Å². The molecule has 2 aromatic carbocycles. The molecule has 3 rings (SSSR count). The number of halogens is 2. The molecule has 1 N–H and O–H groups in total. The van der Waals surface area contributed by atoms with Crippen LogP contribution in [0, 0.1) is 5.82 Å². The second-order valence-corrected chi connectivity index (χ2v) is 5.98. The van der Waals surface area contributed by atoms with Gasteiger partial charge in [-0.15, -0.1) is 0 Å². The second kappa shape index (κ2) is 6.17. The molecule has 1 atom stereocenters. The normalized spacial score (nSPS) is 15.6. The van der Waals surface area contributed by atoms with Crippen LogP contribution in [0.1, 0.15) is 41.1 Å². The van der Waals surface area contributed by atoms with E-state index in [-0.39, 0.29) is 16.9 Å². The molecule has 1 unspecified atom stereocenters. The van der Waals surface area contributed by atoms with Gasteiger partial charge in [-0.3, -0.25) is 0 Å². The number of fused-ring (bicyclic) bond motifs is 1. The molecule has 110 valence electrons. The van der Waals surface area contributed by atoms with Crippen LogP contribution in [0.5, 0.6) is 0 Å². The van der Waals surface area contributed by atoms with E-state index in [1.807, 2.05) is 13.1 Å². The number of rotatable bonds is 3. The van der Waals surface area contributed by atoms with Gasteiger partial charge >= 0.3 is 0 Å². The van der Waals surface area contributed by atoms with Crippen molar-refractivity contribution >= 4 is 11.6 Å². The van der Waals surface area contributed by atoms with E-state index in [9.17, 15) is 4.39 Å². The Labute approximate surface area is 130 Å². The van der Waals surface area contributed by atoms with Crippen molar-refractivity contribution in [1.82, 2.24) is 5.32 Å². The van der Waals surface area contributed by atoms with E-state index in [0.29, 0.717) is 0 Å². The summed E-state index contributed by atoms with van der Waals surface area (Å²) in [5.74, 6) is -0.368. The minimum atomic E-state index is -0.368. The highest BCUT2D eigenvalue weighted by Crippen LogP contribution is 2.32. The van der Waals surface area contributed by atoms with Crippen molar-refractivity contribution in [2.75, 3.05) is 7.05 Å². The van der Waals surface area contributed by atoms with Crippen molar-refractivity contribution in [3.05, 3.63) is 69.5 Å². The lowest BCUT2D eigenvalue weighted by Gasteiger charge is -2.22. The van der Waals surface area contributed by atoms with E-state index in [2.05, 4.69) is 23.5 Å². The Hall–Kier alpha value is -1.38. The molecule has 0 spiro atoms. The highest BCUT2D eigenvalue weighted by molar-refractivity contribution is 6.31. The first-order chi connectivity index (χ1) is 10.2. The Morgan fingerprint density at radius 3 is 2.62 bits per heavy atom. The minimum Gasteiger partial charge on any atom is -0.309 e. The molecule has 0 amide bonds. The first-order valence-electron chi connectivity index (χ1n) is 7.43. The lowest BCUT2D eigenvalue weighted by Crippen LogP contribution is -2.19. The molecule has 0 heterocycles. The summed E-state index contributed by atoms with van der Waals surface area (Å²) in [4.78, 5) is 0. The molecule has 3 heteroatoms. The maximum absolute atomic E-state index is 13.7. The summed E-state index contributed by atoms with van der Waals surface area (Å²) in [6.45, 7) is 0. The van der Waals surface area contributed by atoms with E-state index < -0.39 is 0 Å². The fourth-order valence-corrected chi connectivity index (χ4v) is 3.41. The average molecular weight is 304 g/mol. The Bertz CT molecular complexity index is 654. The van der Waals surface area contributed by atoms with Gasteiger partial charge in [-0.05, 0) is 61.1 Å². The summed E-state index contributed by atoms with van der Waals surface area (Å²) in [6, 6.07) is 11.5. The third-order valence-electron chi connectivity index (χ3n) is 4.29. The van der Waals surface area contributed by atoms with Crippen LogP contribution in [-0.2, 0) is 12.8 Å². The van der Waals surface area contributed by atoms with Crippen LogP contribution < -0.4 is 5.32 Å². The van der Waals surface area contributed by atoms with E-state index in [4.69, 9.17) is 11.6 Å². The van der Waals surface area contributed by atoms with Crippen LogP contribution in [0.4, 0.5) is 4.39 Å². The van der Waals surface area contributed by atoms with E-state index in [1.54, 1.807) is 6.07 Å². The number of benzene rings is 2. The smallest absolute Gasteiger partial charge is 0.142 e. The highest BCUT2D eigenvalue weighted by atomic mass is 35.5. The van der Waals surface area contributed by atoms with Crippen molar-refractivity contribution < 1.29 is 4.39 Å². The molecule has 0 bridgehead atoms. The summed E-state index contributed by atoms with van der Waals surface area (Å²) in [7, 11) is 1.88. The number of hydrogen-bond donors (Lipinski definition) is 1. The standard InChI is InChI=1S/C18H19ClFN/c1-21-18(15-7-4-8-16(20)17(15)19)14-10-9-12-5-2-3-6-13(12)11-14/h4,7-11,18,21H,2-3,5-6H2,1H3. The van der Waals surface area contributed by atoms with Gasteiger partial charge in [-0.25, -0.2) is 4.39 Å². The molecule has 0 fully saturated rings. The SMILES string of the molecule is CNC(c1ccc2c(c1)CCCC2)c1cccc(F)c1Cl. The molecule has 0 saturated carbocycles. The van der Waals surface area contributed by atoms with Gasteiger partial charge in [0.25, 0.3) is 0 Å². The van der Waals surface area contributed by atoms with Gasteiger partial charge in [0.2, 0.25) is 0 Å². The molecule has 0 aliphatic heterocycles. The van der Waals surface area contributed by atoms with E-state index >= 15 is 0 Å². The molecular weight excluding hydrogens is 285 g/mol. The van der Waals surface area contributed by atoms with Gasteiger partial charge in [0.05, 0.1) is 11.1 Å². The molecule has 0 radical (unpaired) electrons. The summed E-state index contributed by atoms with van der Waals surface area (Å²) in [6.07, 6.45) is 4.83. The summed E-state index contributed by atoms with van der Waals surface area (Å²) < 4.78 is 13.7. The summed E-state index contributed by atoms with van der Waals surface area (Å²) >= 11 is 6.15. The van der Waals surface area contributed by atoms with Crippen molar-refractivity contribution in [3.63, 3.8) is 0 Å². The topological polar surface area (TPSA) is 12.0 Å². The molecule has 0 aromatic heterocycles. The zero-order valence-corrected chi connectivity index (χ0v) is 12.9. The first-order valence-corrected chi connectivity index (χ1v) is 7.81. The highest BCUT2D eigenvalue weighted by Gasteiger charge is 2.19. The molecular formula is C18H19ClFN. The van der Waals surface area contributed by atoms with Crippen molar-refractivity contribution in [2.45, 2.75) is 31.7 Å². The first kappa shape index (κ1) is 14.6. The van der Waals surface area contributed by atoms with Crippen molar-refractivity contribution in [2.24, 2.45) is 0 Å². The second-order valence-electron chi connectivity index (χ2n) is 5.60. The number of hydrogen-bond acceptors (Lipinski definition) is 1. The van der Waals surface area contributed by atoms with Gasteiger partial charge in [-0.1, -0.05) is 41.9 Å². The van der Waals surface area contributed by atoms with Crippen LogP contribution >= 0.6 is 11.6 Å². The third kappa shape index (κ3) is 2.83. The Balaban J connectivity index is 2.02. The van der Waals surface area contributed by atoms with Gasteiger partial charge in [0.1, 0.15) is 5.82 Å². The molecule has 2 aromatic rings. The van der Waals surface area contributed by atoms with Gasteiger partial charge in [-0.2, -0.15) is 0 Å². The largest absolute Gasteiger partial charge is 0.309 e. The predicted molar refractivity (Wildman–Crippen MR) is 85.4 cm³/mol. The summed E-state index contributed by atoms with van der Waals surface area (Å²) in [5, 5.41) is 3.46. The quantitative estimate of drug-likeness (QED) is 0.869. The molecule has 21 heavy (non-hydrogen) atoms. The number of aryl methyl sites for hydroxylation is 2. The van der Waals surface area contributed by atoms with Crippen LogP contribution in [0.25, 0.3) is 0 Å². The lowest BCUT2D eigenvalue weighted by atomic mass is 9.88. The van der Waals surface area contributed by atoms with Gasteiger partial charge < -0.3 is 5.32 Å². The van der Waals surface area contributed by atoms with E-state index in [0.717, 1.165) is 17.5 Å². The van der Waals surface area contributed by atoms with Crippen LogP contribution in [0.15, 0.2) is 36.4 Å². The average Bonchev–Trinajstić information content (AvgIpc) is 2.52. The zero-order valence-electron chi connectivity index (χ0n) is 12.1.